The Bertz CT molecular complexity index is 498. The minimum absolute atomic E-state index is 0.0212. The van der Waals surface area contributed by atoms with Crippen molar-refractivity contribution in [3.8, 4) is 0 Å². The van der Waals surface area contributed by atoms with Crippen molar-refractivity contribution in [2.24, 2.45) is 11.8 Å². The molecular weight excluding hydrogens is 305 g/mol. The predicted octanol–water partition coefficient (Wildman–Crippen LogP) is 4.69. The van der Waals surface area contributed by atoms with Crippen LogP contribution in [0.2, 0.25) is 10.0 Å². The molecule has 1 fully saturated rings. The number of ketones is 1. The van der Waals surface area contributed by atoms with Gasteiger partial charge in [-0.2, -0.15) is 0 Å². The molecule has 0 radical (unpaired) electrons. The van der Waals surface area contributed by atoms with Crippen LogP contribution in [0.15, 0.2) is 18.2 Å². The van der Waals surface area contributed by atoms with Crippen LogP contribution in [-0.2, 0) is 4.79 Å². The van der Waals surface area contributed by atoms with E-state index in [0.29, 0.717) is 10.0 Å². The lowest BCUT2D eigenvalue weighted by molar-refractivity contribution is -0.123. The number of carbonyl (C=O) groups excluding carboxylic acids is 1. The van der Waals surface area contributed by atoms with E-state index in [9.17, 15) is 4.79 Å². The zero-order valence-corrected chi connectivity index (χ0v) is 14.2. The molecule has 0 aromatic heterocycles. The van der Waals surface area contributed by atoms with E-state index in [-0.39, 0.29) is 17.6 Å². The Kier molecular flexibility index (Phi) is 6.09. The second-order valence-electron chi connectivity index (χ2n) is 6.22. The topological polar surface area (TPSA) is 29.1 Å². The first kappa shape index (κ1) is 16.8. The molecule has 1 N–H and O–H groups in total. The van der Waals surface area contributed by atoms with E-state index >= 15 is 0 Å². The highest BCUT2D eigenvalue weighted by atomic mass is 35.5. The van der Waals surface area contributed by atoms with E-state index in [1.54, 1.807) is 6.07 Å². The molecule has 0 amide bonds. The van der Waals surface area contributed by atoms with Gasteiger partial charge >= 0.3 is 0 Å². The summed E-state index contributed by atoms with van der Waals surface area (Å²) in [5.74, 6) is 1.04. The maximum absolute atomic E-state index is 12.5. The summed E-state index contributed by atoms with van der Waals surface area (Å²) in [5, 5.41) is 4.50. The largest absolute Gasteiger partial charge is 0.316 e. The average molecular weight is 328 g/mol. The van der Waals surface area contributed by atoms with Gasteiger partial charge in [0, 0.05) is 11.8 Å². The standard InChI is InChI=1S/C17H23Cl2NO/c1-11(2)17(21)14(7-8-20-10-12-3-4-12)13-5-6-15(18)16(19)9-13/h5-6,9,11-12,14,20H,3-4,7-8,10H2,1-2H3/t14-/m1/s1. The monoisotopic (exact) mass is 327 g/mol. The summed E-state index contributed by atoms with van der Waals surface area (Å²) in [6, 6.07) is 5.52. The average Bonchev–Trinajstić information content (AvgIpc) is 3.25. The minimum atomic E-state index is -0.105. The third-order valence-corrected chi connectivity index (χ3v) is 4.74. The molecule has 116 valence electrons. The number of hydrogen-bond donors (Lipinski definition) is 1. The van der Waals surface area contributed by atoms with Crippen LogP contribution in [0, 0.1) is 11.8 Å². The highest BCUT2D eigenvalue weighted by Gasteiger charge is 2.24. The lowest BCUT2D eigenvalue weighted by atomic mass is 9.86. The summed E-state index contributed by atoms with van der Waals surface area (Å²) < 4.78 is 0. The van der Waals surface area contributed by atoms with Gasteiger partial charge in [-0.15, -0.1) is 0 Å². The zero-order chi connectivity index (χ0) is 15.4. The molecule has 0 heterocycles. The third kappa shape index (κ3) is 4.98. The number of hydrogen-bond acceptors (Lipinski definition) is 2. The van der Waals surface area contributed by atoms with Crippen molar-refractivity contribution in [1.29, 1.82) is 0 Å². The highest BCUT2D eigenvalue weighted by molar-refractivity contribution is 6.42. The van der Waals surface area contributed by atoms with Crippen LogP contribution in [0.1, 0.15) is 44.6 Å². The van der Waals surface area contributed by atoms with E-state index in [4.69, 9.17) is 23.2 Å². The van der Waals surface area contributed by atoms with Crippen molar-refractivity contribution in [2.75, 3.05) is 13.1 Å². The van der Waals surface area contributed by atoms with Crippen molar-refractivity contribution < 1.29 is 4.79 Å². The lowest BCUT2D eigenvalue weighted by Crippen LogP contribution is -2.25. The van der Waals surface area contributed by atoms with Crippen LogP contribution < -0.4 is 5.32 Å². The fourth-order valence-electron chi connectivity index (χ4n) is 2.48. The molecule has 1 saturated carbocycles. The van der Waals surface area contributed by atoms with Gasteiger partial charge in [0.15, 0.2) is 0 Å². The van der Waals surface area contributed by atoms with Gasteiger partial charge in [-0.1, -0.05) is 43.1 Å². The number of Topliss-reactive ketones (excluding diaryl/α,β-unsaturated/α-hetero) is 1. The molecule has 1 aliphatic rings. The Morgan fingerprint density at radius 1 is 1.29 bits per heavy atom. The molecule has 4 heteroatoms. The molecule has 1 aromatic carbocycles. The van der Waals surface area contributed by atoms with E-state index < -0.39 is 0 Å². The van der Waals surface area contributed by atoms with Gasteiger partial charge in [-0.25, -0.2) is 0 Å². The van der Waals surface area contributed by atoms with Crippen LogP contribution in [-0.4, -0.2) is 18.9 Å². The molecule has 1 aromatic rings. The molecule has 1 aliphatic carbocycles. The number of rotatable bonds is 8. The minimum Gasteiger partial charge on any atom is -0.316 e. The van der Waals surface area contributed by atoms with Crippen molar-refractivity contribution in [3.63, 3.8) is 0 Å². The van der Waals surface area contributed by atoms with E-state index in [2.05, 4.69) is 5.32 Å². The Hall–Kier alpha value is -0.570. The predicted molar refractivity (Wildman–Crippen MR) is 89.3 cm³/mol. The smallest absolute Gasteiger partial charge is 0.142 e. The number of carbonyl (C=O) groups is 1. The van der Waals surface area contributed by atoms with E-state index in [1.165, 1.54) is 12.8 Å². The summed E-state index contributed by atoms with van der Waals surface area (Å²) >= 11 is 12.1. The first-order chi connectivity index (χ1) is 9.99. The van der Waals surface area contributed by atoms with Gasteiger partial charge in [-0.3, -0.25) is 4.79 Å². The van der Waals surface area contributed by atoms with Crippen molar-refractivity contribution in [3.05, 3.63) is 33.8 Å². The fourth-order valence-corrected chi connectivity index (χ4v) is 2.79. The highest BCUT2D eigenvalue weighted by Crippen LogP contribution is 2.30. The summed E-state index contributed by atoms with van der Waals surface area (Å²) in [6.07, 6.45) is 3.49. The summed E-state index contributed by atoms with van der Waals surface area (Å²) in [4.78, 5) is 12.5. The van der Waals surface area contributed by atoms with Crippen molar-refractivity contribution in [2.45, 2.75) is 39.0 Å². The SMILES string of the molecule is CC(C)C(=O)[C@H](CCNCC1CC1)c1ccc(Cl)c(Cl)c1. The van der Waals surface area contributed by atoms with Gasteiger partial charge in [0.25, 0.3) is 0 Å². The molecule has 0 bridgehead atoms. The van der Waals surface area contributed by atoms with Crippen LogP contribution in [0.3, 0.4) is 0 Å². The van der Waals surface area contributed by atoms with Gasteiger partial charge < -0.3 is 5.32 Å². The second-order valence-corrected chi connectivity index (χ2v) is 7.03. The van der Waals surface area contributed by atoms with Crippen molar-refractivity contribution in [1.82, 2.24) is 5.32 Å². The quantitative estimate of drug-likeness (QED) is 0.701. The molecule has 1 atom stereocenters. The summed E-state index contributed by atoms with van der Waals surface area (Å²) in [7, 11) is 0. The number of halogens is 2. The summed E-state index contributed by atoms with van der Waals surface area (Å²) in [6.45, 7) is 5.83. The molecule has 2 rings (SSSR count). The van der Waals surface area contributed by atoms with Gasteiger partial charge in [0.2, 0.25) is 0 Å². The Balaban J connectivity index is 2.02. The van der Waals surface area contributed by atoms with E-state index in [0.717, 1.165) is 31.0 Å². The number of nitrogens with one attached hydrogen (secondary N) is 1. The zero-order valence-electron chi connectivity index (χ0n) is 12.7. The van der Waals surface area contributed by atoms with Crippen LogP contribution in [0.25, 0.3) is 0 Å². The van der Waals surface area contributed by atoms with Crippen LogP contribution >= 0.6 is 23.2 Å². The van der Waals surface area contributed by atoms with Gasteiger partial charge in [-0.05, 0) is 56.0 Å². The summed E-state index contributed by atoms with van der Waals surface area (Å²) in [5.41, 5.74) is 0.969. The van der Waals surface area contributed by atoms with Gasteiger partial charge in [0.1, 0.15) is 5.78 Å². The molecule has 0 unspecified atom stereocenters. The first-order valence-corrected chi connectivity index (χ1v) is 8.44. The maximum atomic E-state index is 12.5. The van der Waals surface area contributed by atoms with Crippen LogP contribution in [0.4, 0.5) is 0 Å². The molecule has 21 heavy (non-hydrogen) atoms. The third-order valence-electron chi connectivity index (χ3n) is 4.00. The van der Waals surface area contributed by atoms with Crippen LogP contribution in [0.5, 0.6) is 0 Å². The lowest BCUT2D eigenvalue weighted by Gasteiger charge is -2.19. The molecular formula is C17H23Cl2NO. The maximum Gasteiger partial charge on any atom is 0.142 e. The first-order valence-electron chi connectivity index (χ1n) is 7.68. The molecule has 0 aliphatic heterocycles. The molecule has 0 spiro atoms. The Morgan fingerprint density at radius 3 is 2.57 bits per heavy atom. The molecule has 0 saturated heterocycles. The Labute approximate surface area is 137 Å². The normalized spacial score (nSPS) is 16.2. The van der Waals surface area contributed by atoms with Crippen molar-refractivity contribution >= 4 is 29.0 Å². The molecule has 2 nitrogen and oxygen atoms in total. The fraction of sp³-hybridized carbons (Fsp3) is 0.588. The van der Waals surface area contributed by atoms with Gasteiger partial charge in [0.05, 0.1) is 10.0 Å². The second kappa shape index (κ2) is 7.62. The number of benzene rings is 1. The van der Waals surface area contributed by atoms with E-state index in [1.807, 2.05) is 26.0 Å². The Morgan fingerprint density at radius 2 is 2.00 bits per heavy atom.